The van der Waals surface area contributed by atoms with Crippen LogP contribution in [0.2, 0.25) is 0 Å². The predicted molar refractivity (Wildman–Crippen MR) is 109 cm³/mol. The van der Waals surface area contributed by atoms with E-state index in [9.17, 15) is 10.4 Å². The average molecular weight is 418 g/mol. The highest BCUT2D eigenvalue weighted by atomic mass is 16.7. The zero-order valence-corrected chi connectivity index (χ0v) is 16.5. The Morgan fingerprint density at radius 3 is 2.90 bits per heavy atom. The summed E-state index contributed by atoms with van der Waals surface area (Å²) in [6, 6.07) is 12.6. The molecule has 3 N–H and O–H groups in total. The highest BCUT2D eigenvalue weighted by Crippen LogP contribution is 2.48. The monoisotopic (exact) mass is 418 g/mol. The molecule has 0 bridgehead atoms. The molecule has 2 aliphatic rings. The minimum absolute atomic E-state index is 0.00431. The van der Waals surface area contributed by atoms with Crippen molar-refractivity contribution in [3.8, 4) is 46.2 Å². The van der Waals surface area contributed by atoms with E-state index < -0.39 is 11.8 Å². The van der Waals surface area contributed by atoms with Gasteiger partial charge in [0, 0.05) is 11.5 Å². The van der Waals surface area contributed by atoms with Crippen molar-refractivity contribution >= 4 is 5.90 Å². The van der Waals surface area contributed by atoms with Crippen LogP contribution in [-0.2, 0) is 0 Å². The SMILES string of the molecule is CCOc1cc(C2c3c(n[nH]c3-c3ccc4c(c3)OCO4)OC(=N)C2C#N)ccc1O. The van der Waals surface area contributed by atoms with Gasteiger partial charge in [0.15, 0.2) is 23.0 Å². The van der Waals surface area contributed by atoms with Crippen molar-refractivity contribution in [2.24, 2.45) is 5.92 Å². The lowest BCUT2D eigenvalue weighted by Gasteiger charge is -2.28. The third-order valence-corrected chi connectivity index (χ3v) is 5.35. The average Bonchev–Trinajstić information content (AvgIpc) is 3.40. The van der Waals surface area contributed by atoms with Crippen LogP contribution in [0.15, 0.2) is 36.4 Å². The zero-order chi connectivity index (χ0) is 21.5. The Kier molecular flexibility index (Phi) is 4.40. The number of phenols is 1. The Bertz CT molecular complexity index is 1230. The van der Waals surface area contributed by atoms with Crippen LogP contribution in [0, 0.1) is 22.7 Å². The highest BCUT2D eigenvalue weighted by Gasteiger charge is 2.41. The number of hydrogen-bond donors (Lipinski definition) is 3. The first-order valence-electron chi connectivity index (χ1n) is 9.70. The molecule has 2 atom stereocenters. The lowest BCUT2D eigenvalue weighted by Crippen LogP contribution is -2.30. The van der Waals surface area contributed by atoms with E-state index in [1.165, 1.54) is 6.07 Å². The number of rotatable bonds is 4. The van der Waals surface area contributed by atoms with E-state index in [0.717, 1.165) is 5.56 Å². The normalized spacial score (nSPS) is 18.8. The number of phenolic OH excluding ortho intramolecular Hbond substituents is 1. The first-order chi connectivity index (χ1) is 15.1. The number of aromatic hydroxyl groups is 1. The fourth-order valence-electron chi connectivity index (χ4n) is 3.95. The lowest BCUT2D eigenvalue weighted by molar-refractivity contribution is 0.174. The first kappa shape index (κ1) is 18.8. The maximum absolute atomic E-state index is 10.1. The summed E-state index contributed by atoms with van der Waals surface area (Å²) in [6.45, 7) is 2.36. The van der Waals surface area contributed by atoms with Crippen LogP contribution in [0.3, 0.4) is 0 Å². The van der Waals surface area contributed by atoms with Gasteiger partial charge in [0.05, 0.1) is 23.9 Å². The molecule has 0 aliphatic carbocycles. The van der Waals surface area contributed by atoms with Crippen molar-refractivity contribution < 1.29 is 24.1 Å². The van der Waals surface area contributed by atoms with Gasteiger partial charge in [-0.05, 0) is 42.8 Å². The van der Waals surface area contributed by atoms with Crippen LogP contribution < -0.4 is 18.9 Å². The number of H-pyrrole nitrogens is 1. The van der Waals surface area contributed by atoms with E-state index in [1.807, 2.05) is 19.1 Å². The summed E-state index contributed by atoms with van der Waals surface area (Å²) < 4.78 is 22.0. The van der Waals surface area contributed by atoms with E-state index in [-0.39, 0.29) is 24.3 Å². The minimum atomic E-state index is -0.878. The van der Waals surface area contributed by atoms with Crippen LogP contribution in [0.4, 0.5) is 0 Å². The molecule has 0 radical (unpaired) electrons. The molecular weight excluding hydrogens is 400 g/mol. The summed E-state index contributed by atoms with van der Waals surface area (Å²) in [7, 11) is 0. The molecule has 0 amide bonds. The summed E-state index contributed by atoms with van der Waals surface area (Å²) in [4.78, 5) is 0. The molecule has 9 heteroatoms. The zero-order valence-electron chi connectivity index (χ0n) is 16.5. The number of aromatic amines is 1. The van der Waals surface area contributed by atoms with Gasteiger partial charge in [0.25, 0.3) is 0 Å². The van der Waals surface area contributed by atoms with Crippen molar-refractivity contribution in [2.75, 3.05) is 13.4 Å². The molecular formula is C22H18N4O5. The molecule has 2 aromatic carbocycles. The molecule has 5 rings (SSSR count). The topological polar surface area (TPSA) is 133 Å². The second-order valence-electron chi connectivity index (χ2n) is 7.10. The molecule has 2 aliphatic heterocycles. The standard InChI is InChI=1S/C22H18N4O5/c1-2-28-16-7-11(3-5-14(16)27)18-13(9-23)21(24)31-22-19(18)20(25-26-22)12-4-6-15-17(8-12)30-10-29-15/h3-8,13,18,24,27H,2,10H2,1H3,(H,25,26). The number of benzene rings is 2. The maximum Gasteiger partial charge on any atom is 0.244 e. The molecule has 0 saturated carbocycles. The van der Waals surface area contributed by atoms with Gasteiger partial charge in [-0.2, -0.15) is 5.26 Å². The van der Waals surface area contributed by atoms with Crippen molar-refractivity contribution in [3.05, 3.63) is 47.5 Å². The molecule has 0 saturated heterocycles. The lowest BCUT2D eigenvalue weighted by atomic mass is 9.78. The van der Waals surface area contributed by atoms with Gasteiger partial charge < -0.3 is 24.1 Å². The Hall–Kier alpha value is -4.19. The van der Waals surface area contributed by atoms with Gasteiger partial charge in [0.2, 0.25) is 18.6 Å². The van der Waals surface area contributed by atoms with Gasteiger partial charge in [-0.15, -0.1) is 5.10 Å². The number of nitrogens with zero attached hydrogens (tertiary/aromatic N) is 2. The fraction of sp³-hybridized carbons (Fsp3) is 0.227. The Morgan fingerprint density at radius 2 is 2.10 bits per heavy atom. The summed E-state index contributed by atoms with van der Waals surface area (Å²) in [5.74, 6) is 0.199. The van der Waals surface area contributed by atoms with Crippen molar-refractivity contribution in [3.63, 3.8) is 0 Å². The second kappa shape index (κ2) is 7.25. The number of fused-ring (bicyclic) bond motifs is 2. The molecule has 31 heavy (non-hydrogen) atoms. The van der Waals surface area contributed by atoms with E-state index in [0.29, 0.717) is 40.7 Å². The predicted octanol–water partition coefficient (Wildman–Crippen LogP) is 3.55. The Balaban J connectivity index is 1.68. The van der Waals surface area contributed by atoms with Crippen LogP contribution in [0.5, 0.6) is 28.9 Å². The molecule has 3 heterocycles. The summed E-state index contributed by atoms with van der Waals surface area (Å²) in [6.07, 6.45) is 0. The number of aromatic nitrogens is 2. The van der Waals surface area contributed by atoms with E-state index >= 15 is 0 Å². The number of nitrogens with one attached hydrogen (secondary N) is 2. The van der Waals surface area contributed by atoms with Gasteiger partial charge in [-0.1, -0.05) is 6.07 Å². The third-order valence-electron chi connectivity index (χ3n) is 5.35. The van der Waals surface area contributed by atoms with Crippen LogP contribution in [0.25, 0.3) is 11.3 Å². The molecule has 0 spiro atoms. The molecule has 2 unspecified atom stereocenters. The van der Waals surface area contributed by atoms with Crippen LogP contribution in [-0.4, -0.2) is 34.6 Å². The third kappa shape index (κ3) is 3.00. The van der Waals surface area contributed by atoms with Gasteiger partial charge in [-0.3, -0.25) is 10.5 Å². The number of ether oxygens (including phenoxy) is 4. The summed E-state index contributed by atoms with van der Waals surface area (Å²) >= 11 is 0. The van der Waals surface area contributed by atoms with Crippen molar-refractivity contribution in [1.29, 1.82) is 10.7 Å². The quantitative estimate of drug-likeness (QED) is 0.590. The molecule has 0 fully saturated rings. The smallest absolute Gasteiger partial charge is 0.244 e. The van der Waals surface area contributed by atoms with Crippen LogP contribution in [0.1, 0.15) is 24.0 Å². The number of nitriles is 1. The minimum Gasteiger partial charge on any atom is -0.504 e. The highest BCUT2D eigenvalue weighted by molar-refractivity contribution is 5.87. The fourth-order valence-corrected chi connectivity index (χ4v) is 3.95. The van der Waals surface area contributed by atoms with E-state index in [4.69, 9.17) is 24.4 Å². The van der Waals surface area contributed by atoms with Crippen molar-refractivity contribution in [1.82, 2.24) is 10.2 Å². The second-order valence-corrected chi connectivity index (χ2v) is 7.10. The molecule has 9 nitrogen and oxygen atoms in total. The van der Waals surface area contributed by atoms with Crippen molar-refractivity contribution in [2.45, 2.75) is 12.8 Å². The van der Waals surface area contributed by atoms with E-state index in [2.05, 4.69) is 16.3 Å². The van der Waals surface area contributed by atoms with Crippen LogP contribution >= 0.6 is 0 Å². The van der Waals surface area contributed by atoms with Gasteiger partial charge >= 0.3 is 0 Å². The molecule has 1 aromatic heterocycles. The maximum atomic E-state index is 10.1. The molecule has 156 valence electrons. The van der Waals surface area contributed by atoms with Gasteiger partial charge in [0.1, 0.15) is 5.92 Å². The molecule has 3 aromatic rings. The summed E-state index contributed by atoms with van der Waals surface area (Å²) in [5.41, 5.74) is 2.78. The first-order valence-corrected chi connectivity index (χ1v) is 9.70. The number of hydrogen-bond acceptors (Lipinski definition) is 8. The Labute approximate surface area is 177 Å². The van der Waals surface area contributed by atoms with E-state index in [1.54, 1.807) is 18.2 Å². The summed E-state index contributed by atoms with van der Waals surface area (Å²) in [5, 5.41) is 35.4. The largest absolute Gasteiger partial charge is 0.504 e. The van der Waals surface area contributed by atoms with Gasteiger partial charge in [-0.25, -0.2) is 0 Å². The Morgan fingerprint density at radius 1 is 1.26 bits per heavy atom.